The van der Waals surface area contributed by atoms with Gasteiger partial charge in [0, 0.05) is 17.6 Å². The summed E-state index contributed by atoms with van der Waals surface area (Å²) in [6, 6.07) is 4.02. The lowest BCUT2D eigenvalue weighted by Crippen LogP contribution is -2.29. The van der Waals surface area contributed by atoms with Crippen LogP contribution in [0.1, 0.15) is 4.88 Å². The van der Waals surface area contributed by atoms with Crippen LogP contribution < -0.4 is 0 Å². The lowest BCUT2D eigenvalue weighted by molar-refractivity contribution is -0.123. The number of amides is 1. The third kappa shape index (κ3) is 3.90. The van der Waals surface area contributed by atoms with Gasteiger partial charge in [-0.25, -0.2) is 0 Å². The minimum Gasteiger partial charge on any atom is -0.285 e. The van der Waals surface area contributed by atoms with Crippen LogP contribution >= 0.6 is 23.1 Å². The Morgan fingerprint density at radius 3 is 3.16 bits per heavy atom. The number of thiophene rings is 1. The summed E-state index contributed by atoms with van der Waals surface area (Å²) in [5, 5.41) is 10.7. The van der Waals surface area contributed by atoms with Gasteiger partial charge in [-0.3, -0.25) is 9.69 Å². The summed E-state index contributed by atoms with van der Waals surface area (Å²) in [5.41, 5.74) is 0. The summed E-state index contributed by atoms with van der Waals surface area (Å²) in [7, 11) is 0. The van der Waals surface area contributed by atoms with Crippen LogP contribution in [0.5, 0.6) is 0 Å². The Balaban J connectivity index is 1.94. The Hall–Kier alpha value is -1.66. The topological polar surface area (TPSA) is 45.0 Å². The van der Waals surface area contributed by atoms with Gasteiger partial charge in [-0.1, -0.05) is 23.9 Å². The van der Waals surface area contributed by atoms with E-state index in [0.717, 1.165) is 4.88 Å². The smallest absolute Gasteiger partial charge is 0.239 e. The van der Waals surface area contributed by atoms with Gasteiger partial charge < -0.3 is 0 Å². The van der Waals surface area contributed by atoms with E-state index in [1.54, 1.807) is 28.5 Å². The number of nitrogens with zero attached hydrogens (tertiary/aromatic N) is 3. The van der Waals surface area contributed by atoms with Crippen molar-refractivity contribution in [2.75, 3.05) is 12.3 Å². The number of rotatable bonds is 5. The van der Waals surface area contributed by atoms with Crippen LogP contribution in [0.4, 0.5) is 0 Å². The van der Waals surface area contributed by atoms with Crippen LogP contribution in [0.3, 0.4) is 0 Å². The maximum Gasteiger partial charge on any atom is 0.239 e. The van der Waals surface area contributed by atoms with E-state index in [1.807, 2.05) is 29.7 Å². The third-order valence-electron chi connectivity index (χ3n) is 2.27. The summed E-state index contributed by atoms with van der Waals surface area (Å²) in [6.07, 6.45) is 7.08. The zero-order chi connectivity index (χ0) is 13.5. The van der Waals surface area contributed by atoms with Crippen LogP contribution in [0.25, 0.3) is 6.08 Å². The van der Waals surface area contributed by atoms with Crippen molar-refractivity contribution in [3.05, 3.63) is 41.1 Å². The summed E-state index contributed by atoms with van der Waals surface area (Å²) in [4.78, 5) is 14.3. The number of carbonyl (C=O) groups is 1. The second kappa shape index (κ2) is 7.06. The van der Waals surface area contributed by atoms with E-state index in [1.165, 1.54) is 11.8 Å². The molecule has 0 spiro atoms. The molecular formula is C13H13N3OS2. The minimum atomic E-state index is 0.0491. The Labute approximate surface area is 120 Å². The molecule has 0 bridgehead atoms. The fourth-order valence-electron chi connectivity index (χ4n) is 1.43. The number of hydrogen-bond donors (Lipinski definition) is 0. The van der Waals surface area contributed by atoms with Gasteiger partial charge in [-0.05, 0) is 23.6 Å². The number of thioether (sulfide) groups is 1. The molecule has 1 aliphatic rings. The molecule has 0 atom stereocenters. The van der Waals surface area contributed by atoms with E-state index in [-0.39, 0.29) is 5.91 Å². The van der Waals surface area contributed by atoms with Gasteiger partial charge >= 0.3 is 0 Å². The highest BCUT2D eigenvalue weighted by Crippen LogP contribution is 2.19. The highest BCUT2D eigenvalue weighted by molar-refractivity contribution is 8.15. The maximum absolute atomic E-state index is 11.5. The van der Waals surface area contributed by atoms with E-state index in [9.17, 15) is 4.79 Å². The molecule has 98 valence electrons. The van der Waals surface area contributed by atoms with Crippen LogP contribution in [-0.2, 0) is 4.79 Å². The van der Waals surface area contributed by atoms with Crippen molar-refractivity contribution in [1.29, 1.82) is 0 Å². The number of hydrogen-bond acceptors (Lipinski definition) is 5. The summed E-state index contributed by atoms with van der Waals surface area (Å²) in [5.74, 6) is 0.473. The molecule has 1 saturated heterocycles. The van der Waals surface area contributed by atoms with Crippen molar-refractivity contribution >= 4 is 46.5 Å². The first-order chi connectivity index (χ1) is 9.31. The van der Waals surface area contributed by atoms with Crippen LogP contribution in [0.2, 0.25) is 0 Å². The van der Waals surface area contributed by atoms with Crippen molar-refractivity contribution < 1.29 is 4.79 Å². The predicted molar refractivity (Wildman–Crippen MR) is 83.6 cm³/mol. The molecule has 1 aliphatic heterocycles. The van der Waals surface area contributed by atoms with Crippen molar-refractivity contribution in [2.24, 2.45) is 10.2 Å². The number of allylic oxidation sites excluding steroid dienone is 1. The molecule has 0 saturated carbocycles. The van der Waals surface area contributed by atoms with E-state index in [2.05, 4.69) is 16.8 Å². The fraction of sp³-hybridized carbons (Fsp3) is 0.154. The summed E-state index contributed by atoms with van der Waals surface area (Å²) < 4.78 is 0. The molecule has 0 N–H and O–H groups in total. The molecular weight excluding hydrogens is 278 g/mol. The lowest BCUT2D eigenvalue weighted by Gasteiger charge is -2.11. The van der Waals surface area contributed by atoms with Crippen LogP contribution in [0, 0.1) is 0 Å². The van der Waals surface area contributed by atoms with Gasteiger partial charge in [0.1, 0.15) is 0 Å². The first-order valence-corrected chi connectivity index (χ1v) is 7.53. The van der Waals surface area contributed by atoms with Gasteiger partial charge in [-0.2, -0.15) is 5.10 Å². The van der Waals surface area contributed by atoms with Gasteiger partial charge in [0.15, 0.2) is 5.17 Å². The van der Waals surface area contributed by atoms with E-state index in [0.29, 0.717) is 17.5 Å². The van der Waals surface area contributed by atoms with Gasteiger partial charge in [0.2, 0.25) is 5.91 Å². The maximum atomic E-state index is 11.5. The minimum absolute atomic E-state index is 0.0491. The number of amidine groups is 1. The SMILES string of the molecule is C=CCN1C(=O)CS\C1=N/N=C/C=C/c1cccs1. The highest BCUT2D eigenvalue weighted by atomic mass is 32.2. The zero-order valence-electron chi connectivity index (χ0n) is 10.2. The van der Waals surface area contributed by atoms with Crippen molar-refractivity contribution in [1.82, 2.24) is 4.90 Å². The quantitative estimate of drug-likeness (QED) is 0.476. The Bertz CT molecular complexity index is 532. The van der Waals surface area contributed by atoms with Crippen molar-refractivity contribution in [2.45, 2.75) is 0 Å². The molecule has 0 aliphatic carbocycles. The van der Waals surface area contributed by atoms with Crippen LogP contribution in [0.15, 0.2) is 46.4 Å². The van der Waals surface area contributed by atoms with E-state index in [4.69, 9.17) is 0 Å². The number of carbonyl (C=O) groups excluding carboxylic acids is 1. The second-order valence-electron chi connectivity index (χ2n) is 3.60. The molecule has 0 unspecified atom stereocenters. The molecule has 0 aromatic carbocycles. The fourth-order valence-corrected chi connectivity index (χ4v) is 2.90. The van der Waals surface area contributed by atoms with Gasteiger partial charge in [0.05, 0.1) is 5.75 Å². The lowest BCUT2D eigenvalue weighted by atomic mass is 10.4. The van der Waals surface area contributed by atoms with Gasteiger partial charge in [-0.15, -0.1) is 23.0 Å². The standard InChI is InChI=1S/C13H13N3OS2/c1-2-8-16-12(17)10-19-13(16)15-14-7-3-5-11-6-4-9-18-11/h2-7,9H,1,8,10H2/b5-3+,14-7+,15-13-. The third-order valence-corrected chi connectivity index (χ3v) is 4.06. The zero-order valence-corrected chi connectivity index (χ0v) is 11.9. The molecule has 19 heavy (non-hydrogen) atoms. The largest absolute Gasteiger partial charge is 0.285 e. The average Bonchev–Trinajstić information content (AvgIpc) is 3.02. The van der Waals surface area contributed by atoms with E-state index < -0.39 is 0 Å². The Morgan fingerprint density at radius 1 is 1.53 bits per heavy atom. The van der Waals surface area contributed by atoms with E-state index >= 15 is 0 Å². The molecule has 4 nitrogen and oxygen atoms in total. The molecule has 1 fully saturated rings. The Morgan fingerprint density at radius 2 is 2.42 bits per heavy atom. The monoisotopic (exact) mass is 291 g/mol. The molecule has 2 rings (SSSR count). The first kappa shape index (κ1) is 13.8. The average molecular weight is 291 g/mol. The van der Waals surface area contributed by atoms with Crippen LogP contribution in [-0.4, -0.2) is 34.5 Å². The van der Waals surface area contributed by atoms with Crippen molar-refractivity contribution in [3.63, 3.8) is 0 Å². The molecule has 1 amide bonds. The molecule has 1 aromatic rings. The Kier molecular flexibility index (Phi) is 5.11. The summed E-state index contributed by atoms with van der Waals surface area (Å²) >= 11 is 3.06. The van der Waals surface area contributed by atoms with Crippen molar-refractivity contribution in [3.8, 4) is 0 Å². The second-order valence-corrected chi connectivity index (χ2v) is 5.53. The molecule has 1 aromatic heterocycles. The first-order valence-electron chi connectivity index (χ1n) is 5.66. The van der Waals surface area contributed by atoms with Gasteiger partial charge in [0.25, 0.3) is 0 Å². The molecule has 2 heterocycles. The predicted octanol–water partition coefficient (Wildman–Crippen LogP) is 2.86. The summed E-state index contributed by atoms with van der Waals surface area (Å²) in [6.45, 7) is 4.10. The molecule has 0 radical (unpaired) electrons. The molecule has 6 heteroatoms. The highest BCUT2D eigenvalue weighted by Gasteiger charge is 2.26. The normalized spacial score (nSPS) is 18.2.